The summed E-state index contributed by atoms with van der Waals surface area (Å²) in [7, 11) is 1.36. The van der Waals surface area contributed by atoms with E-state index >= 15 is 0 Å². The number of rotatable bonds is 7. The van der Waals surface area contributed by atoms with E-state index in [0.717, 1.165) is 16.1 Å². The molecule has 4 rings (SSSR count). The first-order valence-electron chi connectivity index (χ1n) is 10.3. The van der Waals surface area contributed by atoms with Crippen LogP contribution in [-0.4, -0.2) is 23.8 Å². The molecule has 172 valence electrons. The summed E-state index contributed by atoms with van der Waals surface area (Å²) in [5.41, 5.74) is 4.66. The van der Waals surface area contributed by atoms with Crippen molar-refractivity contribution in [2.45, 2.75) is 13.5 Å². The maximum Gasteiger partial charge on any atom is 0.315 e. The molecule has 0 saturated carbocycles. The molecule has 0 bridgehead atoms. The Kier molecular flexibility index (Phi) is 6.26. The molecule has 0 spiro atoms. The predicted octanol–water partition coefficient (Wildman–Crippen LogP) is 3.95. The van der Waals surface area contributed by atoms with Gasteiger partial charge in [0.15, 0.2) is 5.75 Å². The molecule has 3 aromatic rings. The van der Waals surface area contributed by atoms with Crippen LogP contribution in [0.2, 0.25) is 0 Å². The number of aryl methyl sites for hydroxylation is 1. The molecule has 1 heterocycles. The lowest BCUT2D eigenvalue weighted by Crippen LogP contribution is -2.35. The third kappa shape index (κ3) is 4.58. The lowest BCUT2D eigenvalue weighted by atomic mass is 10.1. The van der Waals surface area contributed by atoms with Crippen LogP contribution in [0.5, 0.6) is 11.5 Å². The average Bonchev–Trinajstić information content (AvgIpc) is 3.12. The number of nitrogens with zero attached hydrogens (tertiary/aromatic N) is 2. The van der Waals surface area contributed by atoms with Crippen LogP contribution in [0.15, 0.2) is 72.3 Å². The van der Waals surface area contributed by atoms with Crippen molar-refractivity contribution >= 4 is 29.3 Å². The predicted molar refractivity (Wildman–Crippen MR) is 125 cm³/mol. The fourth-order valence-corrected chi connectivity index (χ4v) is 3.45. The van der Waals surface area contributed by atoms with E-state index in [-0.39, 0.29) is 34.9 Å². The summed E-state index contributed by atoms with van der Waals surface area (Å²) in [6.07, 6.45) is 1.29. The Morgan fingerprint density at radius 2 is 1.76 bits per heavy atom. The summed E-state index contributed by atoms with van der Waals surface area (Å²) in [6.45, 7) is 2.06. The number of carbonyl (C=O) groups excluding carboxylic acids is 2. The van der Waals surface area contributed by atoms with Gasteiger partial charge in [0, 0.05) is 6.07 Å². The van der Waals surface area contributed by atoms with E-state index in [1.807, 2.05) is 31.2 Å². The molecule has 0 aliphatic carbocycles. The molecule has 34 heavy (non-hydrogen) atoms. The van der Waals surface area contributed by atoms with Crippen LogP contribution in [0.4, 0.5) is 11.4 Å². The van der Waals surface area contributed by atoms with Crippen LogP contribution in [0, 0.1) is 17.0 Å². The minimum Gasteiger partial charge on any atom is -0.493 e. The van der Waals surface area contributed by atoms with Gasteiger partial charge >= 0.3 is 5.69 Å². The standard InChI is InChI=1S/C25H21N3O6/c1-16-8-10-17(11-9-16)15-34-23-21(28(31)32)13-18(14-22(23)33-2)12-20-24(29)26-27(25(20)30)19-6-4-3-5-7-19/h3-14H,15H2,1-2H3,(H,26,29). The molecular formula is C25H21N3O6. The summed E-state index contributed by atoms with van der Waals surface area (Å²) < 4.78 is 11.1. The van der Waals surface area contributed by atoms with Crippen molar-refractivity contribution < 1.29 is 24.0 Å². The highest BCUT2D eigenvalue weighted by Crippen LogP contribution is 2.39. The van der Waals surface area contributed by atoms with Gasteiger partial charge < -0.3 is 9.47 Å². The van der Waals surface area contributed by atoms with Gasteiger partial charge in [-0.15, -0.1) is 0 Å². The van der Waals surface area contributed by atoms with Crippen LogP contribution in [0.1, 0.15) is 16.7 Å². The van der Waals surface area contributed by atoms with Crippen LogP contribution in [0.3, 0.4) is 0 Å². The Morgan fingerprint density at radius 1 is 1.06 bits per heavy atom. The second-order valence-electron chi connectivity index (χ2n) is 7.58. The third-order valence-corrected chi connectivity index (χ3v) is 5.19. The first-order chi connectivity index (χ1) is 16.4. The second-order valence-corrected chi connectivity index (χ2v) is 7.58. The van der Waals surface area contributed by atoms with Gasteiger partial charge in [0.05, 0.1) is 17.7 Å². The summed E-state index contributed by atoms with van der Waals surface area (Å²) in [6, 6.07) is 18.9. The summed E-state index contributed by atoms with van der Waals surface area (Å²) in [5, 5.41) is 12.9. The highest BCUT2D eigenvalue weighted by molar-refractivity contribution is 6.31. The molecule has 0 unspecified atom stereocenters. The van der Waals surface area contributed by atoms with Crippen LogP contribution >= 0.6 is 0 Å². The molecule has 1 aliphatic heterocycles. The van der Waals surface area contributed by atoms with Gasteiger partial charge in [-0.05, 0) is 42.3 Å². The first kappa shape index (κ1) is 22.5. The zero-order valence-electron chi connectivity index (χ0n) is 18.5. The van der Waals surface area contributed by atoms with Crippen LogP contribution < -0.4 is 19.9 Å². The smallest absolute Gasteiger partial charge is 0.315 e. The van der Waals surface area contributed by atoms with Crippen LogP contribution in [0.25, 0.3) is 6.08 Å². The quantitative estimate of drug-likeness (QED) is 0.248. The Labute approximate surface area is 195 Å². The Morgan fingerprint density at radius 3 is 2.41 bits per heavy atom. The summed E-state index contributed by atoms with van der Waals surface area (Å²) in [4.78, 5) is 36.5. The van der Waals surface area contributed by atoms with Gasteiger partial charge in [0.1, 0.15) is 12.2 Å². The monoisotopic (exact) mass is 459 g/mol. The zero-order valence-corrected chi connectivity index (χ0v) is 18.5. The van der Waals surface area contributed by atoms with Gasteiger partial charge in [-0.3, -0.25) is 25.1 Å². The number of benzene rings is 3. The molecule has 0 aromatic heterocycles. The molecule has 0 radical (unpaired) electrons. The number of methoxy groups -OCH3 is 1. The van der Waals surface area contributed by atoms with E-state index in [9.17, 15) is 19.7 Å². The maximum atomic E-state index is 12.8. The SMILES string of the molecule is COc1cc(C=C2C(=O)NN(c3ccccc3)C2=O)cc([N+](=O)[O-])c1OCc1ccc(C)cc1. The normalized spacial score (nSPS) is 14.3. The highest BCUT2D eigenvalue weighted by atomic mass is 16.6. The van der Waals surface area contributed by atoms with E-state index in [2.05, 4.69) is 5.43 Å². The van der Waals surface area contributed by atoms with Crippen molar-refractivity contribution in [3.8, 4) is 11.5 Å². The van der Waals surface area contributed by atoms with E-state index in [0.29, 0.717) is 5.69 Å². The molecule has 1 fully saturated rings. The minimum absolute atomic E-state index is 0.0386. The van der Waals surface area contributed by atoms with E-state index < -0.39 is 16.7 Å². The van der Waals surface area contributed by atoms with Gasteiger partial charge in [-0.25, -0.2) is 5.01 Å². The van der Waals surface area contributed by atoms with Gasteiger partial charge in [-0.2, -0.15) is 0 Å². The molecule has 1 saturated heterocycles. The number of para-hydroxylation sites is 1. The van der Waals surface area contributed by atoms with Crippen molar-refractivity contribution in [3.05, 3.63) is 99.1 Å². The number of anilines is 1. The number of hydrazine groups is 1. The number of amides is 2. The Balaban J connectivity index is 1.66. The second kappa shape index (κ2) is 9.45. The zero-order chi connectivity index (χ0) is 24.2. The lowest BCUT2D eigenvalue weighted by Gasteiger charge is -2.14. The number of hydrogen-bond donors (Lipinski definition) is 1. The third-order valence-electron chi connectivity index (χ3n) is 5.19. The summed E-state index contributed by atoms with van der Waals surface area (Å²) >= 11 is 0. The van der Waals surface area contributed by atoms with Gasteiger partial charge in [0.2, 0.25) is 5.75 Å². The van der Waals surface area contributed by atoms with E-state index in [1.54, 1.807) is 30.3 Å². The number of carbonyl (C=O) groups is 2. The van der Waals surface area contributed by atoms with E-state index in [4.69, 9.17) is 9.47 Å². The lowest BCUT2D eigenvalue weighted by molar-refractivity contribution is -0.386. The fraction of sp³-hybridized carbons (Fsp3) is 0.120. The van der Waals surface area contributed by atoms with Gasteiger partial charge in [0.25, 0.3) is 11.8 Å². The molecule has 0 atom stereocenters. The van der Waals surface area contributed by atoms with Crippen molar-refractivity contribution in [2.24, 2.45) is 0 Å². The maximum absolute atomic E-state index is 12.8. The first-order valence-corrected chi connectivity index (χ1v) is 10.3. The summed E-state index contributed by atoms with van der Waals surface area (Å²) in [5.74, 6) is -1.12. The number of nitrogens with one attached hydrogen (secondary N) is 1. The molecule has 2 amide bonds. The number of nitro benzene ring substituents is 1. The minimum atomic E-state index is -0.616. The Hall–Kier alpha value is -4.66. The van der Waals surface area contributed by atoms with Crippen molar-refractivity contribution in [1.82, 2.24) is 5.43 Å². The fourth-order valence-electron chi connectivity index (χ4n) is 3.45. The largest absolute Gasteiger partial charge is 0.493 e. The highest BCUT2D eigenvalue weighted by Gasteiger charge is 2.34. The van der Waals surface area contributed by atoms with Crippen LogP contribution in [-0.2, 0) is 16.2 Å². The molecule has 3 aromatic carbocycles. The van der Waals surface area contributed by atoms with Crippen molar-refractivity contribution in [2.75, 3.05) is 12.1 Å². The average molecular weight is 459 g/mol. The topological polar surface area (TPSA) is 111 Å². The van der Waals surface area contributed by atoms with Crippen molar-refractivity contribution in [1.29, 1.82) is 0 Å². The molecular weight excluding hydrogens is 438 g/mol. The number of ether oxygens (including phenoxy) is 2. The molecule has 9 nitrogen and oxygen atoms in total. The van der Waals surface area contributed by atoms with E-state index in [1.165, 1.54) is 25.3 Å². The number of hydrogen-bond acceptors (Lipinski definition) is 6. The van der Waals surface area contributed by atoms with Gasteiger partial charge in [-0.1, -0.05) is 48.0 Å². The van der Waals surface area contributed by atoms with Crippen molar-refractivity contribution in [3.63, 3.8) is 0 Å². The molecule has 9 heteroatoms. The number of nitro groups is 1. The molecule has 1 N–H and O–H groups in total. The Bertz CT molecular complexity index is 1290. The molecule has 1 aliphatic rings.